The van der Waals surface area contributed by atoms with Crippen LogP contribution in [0.25, 0.3) is 10.8 Å². The first kappa shape index (κ1) is 16.7. The largest absolute Gasteiger partial charge is 0.480 e. The first-order chi connectivity index (χ1) is 12.7. The maximum absolute atomic E-state index is 14.7. The second-order valence-electron chi connectivity index (χ2n) is 6.73. The van der Waals surface area contributed by atoms with Gasteiger partial charge in [0.15, 0.2) is 0 Å². The summed E-state index contributed by atoms with van der Waals surface area (Å²) in [4.78, 5) is 13.7. The van der Waals surface area contributed by atoms with Crippen molar-refractivity contribution in [3.05, 3.63) is 83.7 Å². The number of rotatable bonds is 4. The lowest BCUT2D eigenvalue weighted by Crippen LogP contribution is -2.39. The fraction of sp³-hybridized carbons (Fsp3) is 0.227. The highest BCUT2D eigenvalue weighted by Crippen LogP contribution is 2.38. The summed E-state index contributed by atoms with van der Waals surface area (Å²) in [5.74, 6) is -1.15. The van der Waals surface area contributed by atoms with Crippen LogP contribution in [0.3, 0.4) is 0 Å². The van der Waals surface area contributed by atoms with Crippen molar-refractivity contribution in [3.63, 3.8) is 0 Å². The van der Waals surface area contributed by atoms with Crippen LogP contribution in [0.4, 0.5) is 4.39 Å². The summed E-state index contributed by atoms with van der Waals surface area (Å²) >= 11 is 0. The SMILES string of the molecule is O=C(O)C1CCCN1C(c1ccccc1F)c1cccc2ccccc12. The van der Waals surface area contributed by atoms with Gasteiger partial charge >= 0.3 is 5.97 Å². The second-order valence-corrected chi connectivity index (χ2v) is 6.73. The van der Waals surface area contributed by atoms with Gasteiger partial charge in [-0.05, 0) is 35.2 Å². The summed E-state index contributed by atoms with van der Waals surface area (Å²) in [7, 11) is 0. The molecule has 26 heavy (non-hydrogen) atoms. The molecule has 4 rings (SSSR count). The lowest BCUT2D eigenvalue weighted by atomic mass is 9.91. The predicted octanol–water partition coefficient (Wildman–Crippen LogP) is 4.62. The van der Waals surface area contributed by atoms with Gasteiger partial charge in [0, 0.05) is 12.1 Å². The number of hydrogen-bond donors (Lipinski definition) is 1. The van der Waals surface area contributed by atoms with Crippen molar-refractivity contribution in [2.75, 3.05) is 6.54 Å². The van der Waals surface area contributed by atoms with Crippen molar-refractivity contribution < 1.29 is 14.3 Å². The van der Waals surface area contributed by atoms with E-state index in [0.717, 1.165) is 22.8 Å². The van der Waals surface area contributed by atoms with E-state index in [4.69, 9.17) is 0 Å². The molecule has 1 aliphatic rings. The number of halogens is 1. The molecule has 3 aromatic carbocycles. The third-order valence-corrected chi connectivity index (χ3v) is 5.23. The summed E-state index contributed by atoms with van der Waals surface area (Å²) < 4.78 is 14.7. The van der Waals surface area contributed by atoms with Crippen molar-refractivity contribution in [2.24, 2.45) is 0 Å². The average Bonchev–Trinajstić information content (AvgIpc) is 3.13. The first-order valence-corrected chi connectivity index (χ1v) is 8.87. The third kappa shape index (κ3) is 2.86. The third-order valence-electron chi connectivity index (χ3n) is 5.23. The number of hydrogen-bond acceptors (Lipinski definition) is 2. The fourth-order valence-corrected chi connectivity index (χ4v) is 4.07. The summed E-state index contributed by atoms with van der Waals surface area (Å²) in [5.41, 5.74) is 1.47. The molecule has 1 fully saturated rings. The molecular weight excluding hydrogens is 329 g/mol. The van der Waals surface area contributed by atoms with Crippen LogP contribution in [0.15, 0.2) is 66.7 Å². The van der Waals surface area contributed by atoms with E-state index in [2.05, 4.69) is 0 Å². The van der Waals surface area contributed by atoms with E-state index in [1.807, 2.05) is 53.4 Å². The molecule has 0 amide bonds. The molecule has 0 saturated carbocycles. The maximum atomic E-state index is 14.7. The Kier molecular flexibility index (Phi) is 4.43. The van der Waals surface area contributed by atoms with Gasteiger partial charge in [0.2, 0.25) is 0 Å². The van der Waals surface area contributed by atoms with E-state index in [1.165, 1.54) is 6.07 Å². The number of carboxylic acids is 1. The van der Waals surface area contributed by atoms with Gasteiger partial charge in [-0.3, -0.25) is 9.69 Å². The average molecular weight is 349 g/mol. The van der Waals surface area contributed by atoms with Gasteiger partial charge in [0.05, 0.1) is 6.04 Å². The topological polar surface area (TPSA) is 40.5 Å². The number of carboxylic acid groups (broad SMARTS) is 1. The molecule has 1 heterocycles. The summed E-state index contributed by atoms with van der Waals surface area (Å²) in [6.45, 7) is 0.638. The standard InChI is InChI=1S/C22H20FNO2/c23-19-12-4-3-10-18(19)21(24-14-6-13-20(24)22(25)26)17-11-5-8-15-7-1-2-9-16(15)17/h1-5,7-12,20-21H,6,13-14H2,(H,25,26). The quantitative estimate of drug-likeness (QED) is 0.747. The lowest BCUT2D eigenvalue weighted by molar-refractivity contribution is -0.142. The predicted molar refractivity (Wildman–Crippen MR) is 99.6 cm³/mol. The molecule has 0 aromatic heterocycles. The van der Waals surface area contributed by atoms with Crippen LogP contribution in [0.2, 0.25) is 0 Å². The summed E-state index contributed by atoms with van der Waals surface area (Å²) in [6, 6.07) is 19.6. The van der Waals surface area contributed by atoms with E-state index in [9.17, 15) is 14.3 Å². The van der Waals surface area contributed by atoms with Crippen LogP contribution in [0, 0.1) is 5.82 Å². The van der Waals surface area contributed by atoms with E-state index in [0.29, 0.717) is 18.5 Å². The molecule has 2 atom stereocenters. The molecule has 1 N–H and O–H groups in total. The molecule has 0 aliphatic carbocycles. The summed E-state index contributed by atoms with van der Waals surface area (Å²) in [5, 5.41) is 11.8. The van der Waals surface area contributed by atoms with Gasteiger partial charge < -0.3 is 5.11 Å². The van der Waals surface area contributed by atoms with Gasteiger partial charge in [0.1, 0.15) is 11.9 Å². The number of likely N-dealkylation sites (tertiary alicyclic amines) is 1. The van der Waals surface area contributed by atoms with Crippen LogP contribution in [-0.2, 0) is 4.79 Å². The molecule has 1 aliphatic heterocycles. The van der Waals surface area contributed by atoms with E-state index in [1.54, 1.807) is 12.1 Å². The van der Waals surface area contributed by atoms with Crippen molar-refractivity contribution >= 4 is 16.7 Å². The molecule has 0 radical (unpaired) electrons. The maximum Gasteiger partial charge on any atom is 0.320 e. The normalized spacial score (nSPS) is 18.9. The Morgan fingerprint density at radius 3 is 2.50 bits per heavy atom. The molecule has 3 nitrogen and oxygen atoms in total. The molecule has 3 aromatic rings. The number of nitrogens with zero attached hydrogens (tertiary/aromatic N) is 1. The Labute approximate surface area is 151 Å². The van der Waals surface area contributed by atoms with Crippen molar-refractivity contribution in [2.45, 2.75) is 24.9 Å². The van der Waals surface area contributed by atoms with Gasteiger partial charge in [-0.1, -0.05) is 60.7 Å². The molecule has 0 bridgehead atoms. The zero-order valence-electron chi connectivity index (χ0n) is 14.3. The number of aliphatic carboxylic acids is 1. The van der Waals surface area contributed by atoms with Gasteiger partial charge in [-0.15, -0.1) is 0 Å². The Hall–Kier alpha value is -2.72. The Morgan fingerprint density at radius 2 is 1.69 bits per heavy atom. The second kappa shape index (κ2) is 6.89. The van der Waals surface area contributed by atoms with Crippen molar-refractivity contribution in [1.29, 1.82) is 0 Å². The highest BCUT2D eigenvalue weighted by Gasteiger charge is 2.38. The van der Waals surface area contributed by atoms with E-state index < -0.39 is 18.1 Å². The van der Waals surface area contributed by atoms with Crippen LogP contribution >= 0.6 is 0 Å². The number of fused-ring (bicyclic) bond motifs is 1. The fourth-order valence-electron chi connectivity index (χ4n) is 4.07. The number of carbonyl (C=O) groups is 1. The zero-order valence-corrected chi connectivity index (χ0v) is 14.3. The zero-order chi connectivity index (χ0) is 18.1. The van der Waals surface area contributed by atoms with Crippen LogP contribution < -0.4 is 0 Å². The molecular formula is C22H20FNO2. The Morgan fingerprint density at radius 1 is 1.00 bits per heavy atom. The van der Waals surface area contributed by atoms with Crippen molar-refractivity contribution in [3.8, 4) is 0 Å². The lowest BCUT2D eigenvalue weighted by Gasteiger charge is -2.33. The Balaban J connectivity index is 1.94. The van der Waals surface area contributed by atoms with Gasteiger partial charge in [-0.25, -0.2) is 4.39 Å². The highest BCUT2D eigenvalue weighted by molar-refractivity contribution is 5.86. The molecule has 2 unspecified atom stereocenters. The van der Waals surface area contributed by atoms with Crippen molar-refractivity contribution in [1.82, 2.24) is 4.90 Å². The molecule has 0 spiro atoms. The molecule has 4 heteroatoms. The van der Waals surface area contributed by atoms with Crippen LogP contribution in [-0.4, -0.2) is 28.6 Å². The van der Waals surface area contributed by atoms with Gasteiger partial charge in [-0.2, -0.15) is 0 Å². The molecule has 1 saturated heterocycles. The molecule has 132 valence electrons. The van der Waals surface area contributed by atoms with Crippen LogP contribution in [0.5, 0.6) is 0 Å². The summed E-state index contributed by atoms with van der Waals surface area (Å²) in [6.07, 6.45) is 1.39. The first-order valence-electron chi connectivity index (χ1n) is 8.87. The van der Waals surface area contributed by atoms with E-state index >= 15 is 0 Å². The van der Waals surface area contributed by atoms with Crippen LogP contribution in [0.1, 0.15) is 30.0 Å². The Bertz CT molecular complexity index is 950. The monoisotopic (exact) mass is 349 g/mol. The minimum Gasteiger partial charge on any atom is -0.480 e. The van der Waals surface area contributed by atoms with E-state index in [-0.39, 0.29) is 5.82 Å². The minimum absolute atomic E-state index is 0.304. The smallest absolute Gasteiger partial charge is 0.320 e. The minimum atomic E-state index is -0.843. The number of benzene rings is 3. The highest BCUT2D eigenvalue weighted by atomic mass is 19.1. The van der Waals surface area contributed by atoms with Gasteiger partial charge in [0.25, 0.3) is 0 Å².